The summed E-state index contributed by atoms with van der Waals surface area (Å²) in [4.78, 5) is 3.00. The van der Waals surface area contributed by atoms with Crippen molar-refractivity contribution in [2.24, 2.45) is 0 Å². The molecule has 0 aliphatic carbocycles. The van der Waals surface area contributed by atoms with E-state index >= 15 is 0 Å². The van der Waals surface area contributed by atoms with Gasteiger partial charge in [-0.05, 0) is 6.07 Å². The first-order valence-corrected chi connectivity index (χ1v) is 4.30. The van der Waals surface area contributed by atoms with Crippen LogP contribution in [0.2, 0.25) is 5.02 Å². The Hall–Kier alpha value is -0.950. The Morgan fingerprint density at radius 1 is 1.38 bits per heavy atom. The normalized spacial score (nSPS) is 12.2. The van der Waals surface area contributed by atoms with E-state index in [1.807, 2.05) is 0 Å². The Labute approximate surface area is 91.7 Å². The van der Waals surface area contributed by atoms with Crippen LogP contribution in [0.15, 0.2) is 6.07 Å². The molecule has 0 unspecified atom stereocenters. The van der Waals surface area contributed by atoms with Crippen LogP contribution in [-0.4, -0.2) is 10.1 Å². The molecular weight excluding hydrogens is 257 g/mol. The zero-order valence-electron chi connectivity index (χ0n) is 7.52. The first-order valence-electron chi connectivity index (χ1n) is 3.93. The molecule has 8 heteroatoms. The summed E-state index contributed by atoms with van der Waals surface area (Å²) in [5.74, 6) is 0. The van der Waals surface area contributed by atoms with E-state index in [-0.39, 0.29) is 0 Å². The molecule has 0 saturated heterocycles. The van der Waals surface area contributed by atoms with Gasteiger partial charge in [0.15, 0.2) is 0 Å². The molecule has 0 amide bonds. The molecule has 0 fully saturated rings. The van der Waals surface area contributed by atoms with Crippen LogP contribution >= 0.6 is 11.6 Å². The molecule has 16 heavy (non-hydrogen) atoms. The predicted molar refractivity (Wildman–Crippen MR) is 45.1 cm³/mol. The number of hydrogen-bond donors (Lipinski definition) is 1. The average Bonchev–Trinajstić information content (AvgIpc) is 2.15. The van der Waals surface area contributed by atoms with E-state index in [4.69, 9.17) is 16.7 Å². The lowest BCUT2D eigenvalue weighted by Crippen LogP contribution is -2.12. The number of pyridine rings is 1. The van der Waals surface area contributed by atoms with Crippen molar-refractivity contribution in [2.45, 2.75) is 19.2 Å². The Bertz CT molecular complexity index is 393. The smallest absolute Gasteiger partial charge is 0.390 e. The van der Waals surface area contributed by atoms with E-state index < -0.39 is 41.2 Å². The minimum absolute atomic E-state index is 0.335. The van der Waals surface area contributed by atoms with Crippen LogP contribution in [0.25, 0.3) is 0 Å². The molecule has 2 nitrogen and oxygen atoms in total. The Morgan fingerprint density at radius 3 is 2.31 bits per heavy atom. The fourth-order valence-corrected chi connectivity index (χ4v) is 1.30. The number of alkyl halides is 5. The molecule has 1 aromatic rings. The van der Waals surface area contributed by atoms with Crippen LogP contribution in [-0.2, 0) is 12.8 Å². The maximum atomic E-state index is 12.4. The van der Waals surface area contributed by atoms with Gasteiger partial charge < -0.3 is 5.11 Å². The highest BCUT2D eigenvalue weighted by Gasteiger charge is 2.35. The third-order valence-corrected chi connectivity index (χ3v) is 2.05. The quantitative estimate of drug-likeness (QED) is 0.830. The molecule has 0 spiro atoms. The fourth-order valence-electron chi connectivity index (χ4n) is 1.06. The van der Waals surface area contributed by atoms with Crippen LogP contribution in [0, 0.1) is 0 Å². The summed E-state index contributed by atoms with van der Waals surface area (Å²) in [6.45, 7) is -1.09. The van der Waals surface area contributed by atoms with Crippen LogP contribution in [0.1, 0.15) is 23.4 Å². The number of aromatic nitrogens is 1. The summed E-state index contributed by atoms with van der Waals surface area (Å²) in [6, 6.07) is 0.335. The van der Waals surface area contributed by atoms with Crippen molar-refractivity contribution in [3.05, 3.63) is 28.0 Å². The van der Waals surface area contributed by atoms with E-state index in [1.54, 1.807) is 0 Å². The Balaban J connectivity index is 3.38. The van der Waals surface area contributed by atoms with Crippen molar-refractivity contribution >= 4 is 11.6 Å². The van der Waals surface area contributed by atoms with Crippen LogP contribution in [0.3, 0.4) is 0 Å². The van der Waals surface area contributed by atoms with Gasteiger partial charge in [-0.1, -0.05) is 11.6 Å². The number of nitrogens with zero attached hydrogens (tertiary/aromatic N) is 1. The first-order chi connectivity index (χ1) is 7.27. The molecule has 0 saturated carbocycles. The number of halogens is 6. The summed E-state index contributed by atoms with van der Waals surface area (Å²) in [5.41, 5.74) is -3.16. The van der Waals surface area contributed by atoms with Gasteiger partial charge in [-0.3, -0.25) is 0 Å². The number of rotatable bonds is 2. The van der Waals surface area contributed by atoms with E-state index in [2.05, 4.69) is 4.98 Å². The third-order valence-electron chi connectivity index (χ3n) is 1.74. The molecule has 1 N–H and O–H groups in total. The zero-order chi connectivity index (χ0) is 12.5. The lowest BCUT2D eigenvalue weighted by molar-refractivity contribution is -0.139. The topological polar surface area (TPSA) is 33.1 Å². The second-order valence-corrected chi connectivity index (χ2v) is 3.21. The predicted octanol–water partition coefficient (Wildman–Crippen LogP) is 3.18. The fraction of sp³-hybridized carbons (Fsp3) is 0.375. The Kier molecular flexibility index (Phi) is 3.69. The minimum Gasteiger partial charge on any atom is -0.390 e. The van der Waals surface area contributed by atoms with Crippen LogP contribution in [0.4, 0.5) is 22.0 Å². The van der Waals surface area contributed by atoms with Crippen molar-refractivity contribution in [3.63, 3.8) is 0 Å². The second kappa shape index (κ2) is 4.50. The highest BCUT2D eigenvalue weighted by Crippen LogP contribution is 2.35. The lowest BCUT2D eigenvalue weighted by atomic mass is 10.1. The summed E-state index contributed by atoms with van der Waals surface area (Å²) >= 11 is 5.24. The molecule has 0 atom stereocenters. The third kappa shape index (κ3) is 2.59. The molecule has 1 rings (SSSR count). The van der Waals surface area contributed by atoms with Crippen molar-refractivity contribution in [2.75, 3.05) is 0 Å². The summed E-state index contributed by atoms with van der Waals surface area (Å²) in [6.07, 6.45) is -7.89. The maximum absolute atomic E-state index is 12.4. The van der Waals surface area contributed by atoms with E-state index in [0.717, 1.165) is 0 Å². The number of hydrogen-bond acceptors (Lipinski definition) is 2. The van der Waals surface area contributed by atoms with Crippen LogP contribution in [0.5, 0.6) is 0 Å². The maximum Gasteiger partial charge on any atom is 0.418 e. The first kappa shape index (κ1) is 13.1. The average molecular weight is 262 g/mol. The van der Waals surface area contributed by atoms with Crippen LogP contribution < -0.4 is 0 Å². The van der Waals surface area contributed by atoms with Gasteiger partial charge in [0, 0.05) is 0 Å². The molecule has 0 radical (unpaired) electrons. The Morgan fingerprint density at radius 2 is 1.94 bits per heavy atom. The largest absolute Gasteiger partial charge is 0.418 e. The van der Waals surface area contributed by atoms with Crippen molar-refractivity contribution in [3.8, 4) is 0 Å². The van der Waals surface area contributed by atoms with Gasteiger partial charge in [-0.25, -0.2) is 13.8 Å². The zero-order valence-corrected chi connectivity index (χ0v) is 8.28. The van der Waals surface area contributed by atoms with Crippen molar-refractivity contribution in [1.82, 2.24) is 4.98 Å². The molecule has 0 bridgehead atoms. The summed E-state index contributed by atoms with van der Waals surface area (Å²) in [5, 5.41) is 7.85. The van der Waals surface area contributed by atoms with E-state index in [0.29, 0.717) is 6.07 Å². The molecule has 1 heterocycles. The van der Waals surface area contributed by atoms with Crippen molar-refractivity contribution < 1.29 is 27.1 Å². The van der Waals surface area contributed by atoms with Gasteiger partial charge in [-0.15, -0.1) is 0 Å². The van der Waals surface area contributed by atoms with Gasteiger partial charge >= 0.3 is 6.18 Å². The molecule has 0 aromatic carbocycles. The molecule has 1 aromatic heterocycles. The van der Waals surface area contributed by atoms with Gasteiger partial charge in [-0.2, -0.15) is 13.2 Å². The SMILES string of the molecule is OCc1nc(C(F)F)c(Cl)cc1C(F)(F)F. The number of aliphatic hydroxyl groups is 1. The molecular formula is C8H5ClF5NO. The highest BCUT2D eigenvalue weighted by molar-refractivity contribution is 6.31. The second-order valence-electron chi connectivity index (χ2n) is 2.81. The van der Waals surface area contributed by atoms with E-state index in [9.17, 15) is 22.0 Å². The van der Waals surface area contributed by atoms with Gasteiger partial charge in [0.05, 0.1) is 22.9 Å². The van der Waals surface area contributed by atoms with Crippen molar-refractivity contribution in [1.29, 1.82) is 0 Å². The monoisotopic (exact) mass is 261 g/mol. The molecule has 90 valence electrons. The standard InChI is InChI=1S/C8H5ClF5NO/c9-4-1-3(8(12,13)14)5(2-16)15-6(4)7(10)11/h1,7,16H,2H2. The minimum atomic E-state index is -4.80. The molecule has 0 aliphatic rings. The lowest BCUT2D eigenvalue weighted by Gasteiger charge is -2.13. The summed E-state index contributed by atoms with van der Waals surface area (Å²) in [7, 11) is 0. The van der Waals surface area contributed by atoms with Gasteiger partial charge in [0.2, 0.25) is 0 Å². The highest BCUT2D eigenvalue weighted by atomic mass is 35.5. The van der Waals surface area contributed by atoms with Gasteiger partial charge in [0.25, 0.3) is 6.43 Å². The summed E-state index contributed by atoms with van der Waals surface area (Å²) < 4.78 is 61.6. The van der Waals surface area contributed by atoms with E-state index in [1.165, 1.54) is 0 Å². The number of aliphatic hydroxyl groups excluding tert-OH is 1. The van der Waals surface area contributed by atoms with Gasteiger partial charge in [0.1, 0.15) is 5.69 Å². The molecule has 0 aliphatic heterocycles.